The molecule has 1 atom stereocenters. The minimum absolute atomic E-state index is 0.215. The molecule has 2 N–H and O–H groups in total. The maximum Gasteiger partial charge on any atom is 0.321 e. The van der Waals surface area contributed by atoms with Gasteiger partial charge in [-0.05, 0) is 66.5 Å². The summed E-state index contributed by atoms with van der Waals surface area (Å²) in [6.07, 6.45) is 6.24. The highest BCUT2D eigenvalue weighted by Gasteiger charge is 2.30. The molecular formula is C18H34N4O2. The van der Waals surface area contributed by atoms with Gasteiger partial charge in [0.2, 0.25) is 5.91 Å². The summed E-state index contributed by atoms with van der Waals surface area (Å²) in [5, 5.41) is 5.23. The number of rotatable bonds is 3. The second-order valence-corrected chi connectivity index (χ2v) is 8.23. The fourth-order valence-corrected chi connectivity index (χ4v) is 3.68. The molecular weight excluding hydrogens is 304 g/mol. The first-order chi connectivity index (χ1) is 11.3. The first kappa shape index (κ1) is 19.2. The number of hydrogen-bond donors (Lipinski definition) is 2. The summed E-state index contributed by atoms with van der Waals surface area (Å²) in [4.78, 5) is 29.0. The molecule has 0 aromatic carbocycles. The van der Waals surface area contributed by atoms with E-state index >= 15 is 0 Å². The van der Waals surface area contributed by atoms with Gasteiger partial charge in [-0.15, -0.1) is 0 Å². The Kier molecular flexibility index (Phi) is 6.63. The van der Waals surface area contributed by atoms with Crippen LogP contribution in [0.5, 0.6) is 0 Å². The molecule has 2 fully saturated rings. The Morgan fingerprint density at radius 1 is 1.00 bits per heavy atom. The number of hydrogen-bond acceptors (Lipinski definition) is 4. The Balaban J connectivity index is 1.76. The van der Waals surface area contributed by atoms with Gasteiger partial charge >= 0.3 is 6.03 Å². The minimum Gasteiger partial charge on any atom is -0.333 e. The predicted molar refractivity (Wildman–Crippen MR) is 95.9 cm³/mol. The van der Waals surface area contributed by atoms with Crippen LogP contribution in [0.4, 0.5) is 4.79 Å². The molecule has 0 saturated carbocycles. The molecule has 0 aromatic heterocycles. The van der Waals surface area contributed by atoms with Crippen LogP contribution in [-0.4, -0.2) is 65.5 Å². The Labute approximate surface area is 146 Å². The Morgan fingerprint density at radius 2 is 1.58 bits per heavy atom. The average molecular weight is 338 g/mol. The van der Waals surface area contributed by atoms with Crippen molar-refractivity contribution in [1.82, 2.24) is 20.4 Å². The zero-order chi connectivity index (χ0) is 17.7. The highest BCUT2D eigenvalue weighted by atomic mass is 16.2. The lowest BCUT2D eigenvalue weighted by molar-refractivity contribution is -0.125. The maximum absolute atomic E-state index is 12.3. The van der Waals surface area contributed by atoms with Gasteiger partial charge in [0.05, 0.1) is 6.04 Å². The molecule has 0 aliphatic carbocycles. The fourth-order valence-electron chi connectivity index (χ4n) is 3.68. The number of urea groups is 1. The molecule has 2 saturated heterocycles. The van der Waals surface area contributed by atoms with E-state index in [4.69, 9.17) is 0 Å². The third kappa shape index (κ3) is 5.74. The lowest BCUT2D eigenvalue weighted by atomic mass is 9.99. The number of piperidine rings is 2. The van der Waals surface area contributed by atoms with Crippen molar-refractivity contribution in [2.24, 2.45) is 0 Å². The van der Waals surface area contributed by atoms with Gasteiger partial charge < -0.3 is 10.2 Å². The fraction of sp³-hybridized carbons (Fsp3) is 0.889. The molecule has 138 valence electrons. The van der Waals surface area contributed by atoms with E-state index in [2.05, 4.69) is 20.4 Å². The van der Waals surface area contributed by atoms with Crippen molar-refractivity contribution in [2.75, 3.05) is 26.2 Å². The van der Waals surface area contributed by atoms with Crippen molar-refractivity contribution in [3.8, 4) is 0 Å². The van der Waals surface area contributed by atoms with E-state index in [-0.39, 0.29) is 17.5 Å². The van der Waals surface area contributed by atoms with Crippen molar-refractivity contribution < 1.29 is 9.59 Å². The van der Waals surface area contributed by atoms with Crippen LogP contribution >= 0.6 is 0 Å². The van der Waals surface area contributed by atoms with E-state index < -0.39 is 6.03 Å². The van der Waals surface area contributed by atoms with Crippen LogP contribution in [0.3, 0.4) is 0 Å². The Hall–Kier alpha value is -1.14. The number of amides is 3. The summed E-state index contributed by atoms with van der Waals surface area (Å²) >= 11 is 0. The zero-order valence-electron chi connectivity index (χ0n) is 15.7. The predicted octanol–water partition coefficient (Wildman–Crippen LogP) is 1.95. The lowest BCUT2D eigenvalue weighted by Crippen LogP contribution is -2.55. The first-order valence-electron chi connectivity index (χ1n) is 9.37. The minimum atomic E-state index is -0.414. The molecule has 0 radical (unpaired) electrons. The summed E-state index contributed by atoms with van der Waals surface area (Å²) < 4.78 is 0. The summed E-state index contributed by atoms with van der Waals surface area (Å²) in [5.41, 5.74) is -0.347. The smallest absolute Gasteiger partial charge is 0.321 e. The number of nitrogens with one attached hydrogen (secondary N) is 2. The van der Waals surface area contributed by atoms with Crippen LogP contribution in [0.25, 0.3) is 0 Å². The van der Waals surface area contributed by atoms with Crippen LogP contribution in [0.1, 0.15) is 59.8 Å². The van der Waals surface area contributed by atoms with Gasteiger partial charge in [0, 0.05) is 24.7 Å². The normalized spacial score (nSPS) is 22.8. The zero-order valence-corrected chi connectivity index (χ0v) is 15.7. The van der Waals surface area contributed by atoms with E-state index in [9.17, 15) is 9.59 Å². The Bertz CT molecular complexity index is 433. The topological polar surface area (TPSA) is 64.7 Å². The summed E-state index contributed by atoms with van der Waals surface area (Å²) in [5.74, 6) is -0.215. The number of imide groups is 1. The monoisotopic (exact) mass is 338 g/mol. The number of nitrogens with zero attached hydrogens (tertiary/aromatic N) is 2. The molecule has 0 spiro atoms. The van der Waals surface area contributed by atoms with Gasteiger partial charge in [-0.3, -0.25) is 15.0 Å². The van der Waals surface area contributed by atoms with E-state index in [1.54, 1.807) is 0 Å². The van der Waals surface area contributed by atoms with Gasteiger partial charge in [-0.1, -0.05) is 6.42 Å². The van der Waals surface area contributed by atoms with Crippen molar-refractivity contribution >= 4 is 11.9 Å². The third-order valence-corrected chi connectivity index (χ3v) is 5.06. The SMILES string of the molecule is C[C@@H](C(=O)NC(=O)NC(C)(C)C)N1CCC(N2CCCCC2)CC1. The van der Waals surface area contributed by atoms with Gasteiger partial charge in [0.15, 0.2) is 0 Å². The molecule has 0 aromatic rings. The second kappa shape index (κ2) is 8.30. The third-order valence-electron chi connectivity index (χ3n) is 5.06. The second-order valence-electron chi connectivity index (χ2n) is 8.23. The summed E-state index contributed by atoms with van der Waals surface area (Å²) in [6, 6.07) is -0.0124. The molecule has 2 aliphatic heterocycles. The van der Waals surface area contributed by atoms with Crippen molar-refractivity contribution in [3.63, 3.8) is 0 Å². The largest absolute Gasteiger partial charge is 0.333 e. The molecule has 0 unspecified atom stereocenters. The van der Waals surface area contributed by atoms with Crippen LogP contribution in [0.15, 0.2) is 0 Å². The van der Waals surface area contributed by atoms with E-state index in [0.29, 0.717) is 6.04 Å². The highest BCUT2D eigenvalue weighted by molar-refractivity contribution is 5.97. The van der Waals surface area contributed by atoms with Crippen molar-refractivity contribution in [2.45, 2.75) is 77.4 Å². The summed E-state index contributed by atoms with van der Waals surface area (Å²) in [7, 11) is 0. The maximum atomic E-state index is 12.3. The molecule has 6 nitrogen and oxygen atoms in total. The number of likely N-dealkylation sites (tertiary alicyclic amines) is 2. The van der Waals surface area contributed by atoms with Gasteiger partial charge in [-0.2, -0.15) is 0 Å². The average Bonchev–Trinajstić information content (AvgIpc) is 2.53. The molecule has 24 heavy (non-hydrogen) atoms. The van der Waals surface area contributed by atoms with Gasteiger partial charge in [0.1, 0.15) is 0 Å². The van der Waals surface area contributed by atoms with E-state index in [1.165, 1.54) is 32.4 Å². The molecule has 3 amide bonds. The molecule has 6 heteroatoms. The highest BCUT2D eigenvalue weighted by Crippen LogP contribution is 2.21. The molecule has 2 heterocycles. The van der Waals surface area contributed by atoms with Crippen molar-refractivity contribution in [3.05, 3.63) is 0 Å². The van der Waals surface area contributed by atoms with Gasteiger partial charge in [0.25, 0.3) is 0 Å². The molecule has 0 bridgehead atoms. The first-order valence-corrected chi connectivity index (χ1v) is 9.37. The lowest BCUT2D eigenvalue weighted by Gasteiger charge is -2.41. The standard InChI is InChI=1S/C18H34N4O2/c1-14(16(23)19-17(24)20-18(2,3)4)21-12-8-15(9-13-21)22-10-6-5-7-11-22/h14-15H,5-13H2,1-4H3,(H2,19,20,23,24)/t14-/m0/s1. The number of carbonyl (C=O) groups excluding carboxylic acids is 2. The van der Waals surface area contributed by atoms with Gasteiger partial charge in [-0.25, -0.2) is 4.79 Å². The van der Waals surface area contributed by atoms with E-state index in [0.717, 1.165) is 25.9 Å². The van der Waals surface area contributed by atoms with Crippen LogP contribution < -0.4 is 10.6 Å². The molecule has 2 aliphatic rings. The van der Waals surface area contributed by atoms with Crippen molar-refractivity contribution in [1.29, 1.82) is 0 Å². The van der Waals surface area contributed by atoms with Crippen LogP contribution in [-0.2, 0) is 4.79 Å². The quantitative estimate of drug-likeness (QED) is 0.825. The van der Waals surface area contributed by atoms with Crippen LogP contribution in [0, 0.1) is 0 Å². The Morgan fingerprint density at radius 3 is 2.12 bits per heavy atom. The number of carbonyl (C=O) groups is 2. The molecule has 2 rings (SSSR count). The summed E-state index contributed by atoms with van der Waals surface area (Å²) in [6.45, 7) is 11.9. The van der Waals surface area contributed by atoms with Crippen LogP contribution in [0.2, 0.25) is 0 Å². The van der Waals surface area contributed by atoms with E-state index in [1.807, 2.05) is 27.7 Å².